The fourth-order valence-electron chi connectivity index (χ4n) is 2.34. The van der Waals surface area contributed by atoms with Gasteiger partial charge in [-0.3, -0.25) is 4.79 Å². The number of rotatable bonds is 5. The van der Waals surface area contributed by atoms with Crippen molar-refractivity contribution in [1.82, 2.24) is 5.43 Å². The molecule has 0 fully saturated rings. The van der Waals surface area contributed by atoms with Gasteiger partial charge >= 0.3 is 5.97 Å². The highest BCUT2D eigenvalue weighted by Crippen LogP contribution is 2.23. The first-order valence-electron chi connectivity index (χ1n) is 8.33. The van der Waals surface area contributed by atoms with Crippen LogP contribution in [-0.4, -0.2) is 23.2 Å². The summed E-state index contributed by atoms with van der Waals surface area (Å²) in [6.45, 7) is 0. The van der Waals surface area contributed by atoms with E-state index in [0.29, 0.717) is 16.1 Å². The molecule has 1 amide bonds. The fourth-order valence-corrected chi connectivity index (χ4v) is 2.85. The van der Waals surface area contributed by atoms with Gasteiger partial charge in [-0.1, -0.05) is 39.7 Å². The van der Waals surface area contributed by atoms with E-state index in [1.807, 2.05) is 0 Å². The highest BCUT2D eigenvalue weighted by Gasteiger charge is 2.12. The number of hydrogen-bond acceptors (Lipinski definition) is 5. The van der Waals surface area contributed by atoms with Gasteiger partial charge in [0.25, 0.3) is 5.91 Å². The Labute approximate surface area is 179 Å². The number of ether oxygens (including phenoxy) is 1. The van der Waals surface area contributed by atoms with Crippen molar-refractivity contribution in [3.8, 4) is 11.5 Å². The van der Waals surface area contributed by atoms with Gasteiger partial charge < -0.3 is 9.84 Å². The second-order valence-electron chi connectivity index (χ2n) is 5.79. The number of hydrogen-bond donors (Lipinski definition) is 2. The topological polar surface area (TPSA) is 88.0 Å². The lowest BCUT2D eigenvalue weighted by atomic mass is 10.2. The molecule has 146 valence electrons. The van der Waals surface area contributed by atoms with Crippen LogP contribution in [0.15, 0.2) is 76.3 Å². The summed E-state index contributed by atoms with van der Waals surface area (Å²) in [5.41, 5.74) is 3.22. The first-order valence-corrected chi connectivity index (χ1v) is 9.50. The zero-order valence-electron chi connectivity index (χ0n) is 14.8. The van der Waals surface area contributed by atoms with Crippen LogP contribution < -0.4 is 10.2 Å². The van der Waals surface area contributed by atoms with Gasteiger partial charge in [0.1, 0.15) is 11.5 Å². The van der Waals surface area contributed by atoms with Gasteiger partial charge in [-0.25, -0.2) is 10.2 Å². The number of halogens is 2. The van der Waals surface area contributed by atoms with E-state index in [1.165, 1.54) is 18.3 Å². The summed E-state index contributed by atoms with van der Waals surface area (Å²) >= 11 is 9.18. The normalized spacial score (nSPS) is 10.7. The van der Waals surface area contributed by atoms with E-state index in [9.17, 15) is 14.7 Å². The molecule has 0 aliphatic rings. The highest BCUT2D eigenvalue weighted by atomic mass is 79.9. The van der Waals surface area contributed by atoms with E-state index in [1.54, 1.807) is 54.6 Å². The first-order chi connectivity index (χ1) is 13.9. The van der Waals surface area contributed by atoms with Crippen molar-refractivity contribution in [3.63, 3.8) is 0 Å². The highest BCUT2D eigenvalue weighted by molar-refractivity contribution is 9.10. The lowest BCUT2D eigenvalue weighted by Crippen LogP contribution is -2.17. The van der Waals surface area contributed by atoms with Crippen LogP contribution in [-0.2, 0) is 0 Å². The van der Waals surface area contributed by atoms with Crippen molar-refractivity contribution in [2.75, 3.05) is 0 Å². The predicted molar refractivity (Wildman–Crippen MR) is 114 cm³/mol. The molecule has 29 heavy (non-hydrogen) atoms. The van der Waals surface area contributed by atoms with Crippen LogP contribution >= 0.6 is 27.5 Å². The minimum atomic E-state index is -0.575. The van der Waals surface area contributed by atoms with E-state index >= 15 is 0 Å². The molecule has 0 aliphatic carbocycles. The Hall–Kier alpha value is -3.16. The van der Waals surface area contributed by atoms with E-state index < -0.39 is 11.9 Å². The lowest BCUT2D eigenvalue weighted by molar-refractivity contribution is 0.0734. The van der Waals surface area contributed by atoms with E-state index in [2.05, 4.69) is 26.5 Å². The summed E-state index contributed by atoms with van der Waals surface area (Å²) in [7, 11) is 0. The standard InChI is InChI=1S/C21H14BrClN2O4/c22-15-7-10-19(29-21(28)13-5-8-16(23)9-6-13)14(11-15)12-24-25-20(27)17-3-1-2-4-18(17)26/h1-12,26H,(H,25,27)/b24-12+. The lowest BCUT2D eigenvalue weighted by Gasteiger charge is -2.08. The van der Waals surface area contributed by atoms with Gasteiger partial charge in [0.2, 0.25) is 0 Å². The third-order valence-electron chi connectivity index (χ3n) is 3.77. The average Bonchev–Trinajstić information content (AvgIpc) is 2.70. The smallest absolute Gasteiger partial charge is 0.343 e. The summed E-state index contributed by atoms with van der Waals surface area (Å²) in [4.78, 5) is 24.5. The van der Waals surface area contributed by atoms with Gasteiger partial charge in [-0.15, -0.1) is 0 Å². The Morgan fingerprint density at radius 1 is 1.07 bits per heavy atom. The summed E-state index contributed by atoms with van der Waals surface area (Å²) in [5, 5.41) is 14.1. The van der Waals surface area contributed by atoms with Crippen LogP contribution in [0, 0.1) is 0 Å². The van der Waals surface area contributed by atoms with E-state index in [0.717, 1.165) is 4.47 Å². The molecule has 0 saturated carbocycles. The van der Waals surface area contributed by atoms with Crippen molar-refractivity contribution >= 4 is 45.6 Å². The van der Waals surface area contributed by atoms with E-state index in [-0.39, 0.29) is 17.1 Å². The Balaban J connectivity index is 1.75. The van der Waals surface area contributed by atoms with Gasteiger partial charge in [-0.05, 0) is 54.6 Å². The molecule has 8 heteroatoms. The number of phenolic OH excluding ortho intramolecular Hbond substituents is 1. The molecular weight excluding hydrogens is 460 g/mol. The monoisotopic (exact) mass is 472 g/mol. The van der Waals surface area contributed by atoms with Gasteiger partial charge in [0.15, 0.2) is 0 Å². The van der Waals surface area contributed by atoms with Crippen molar-refractivity contribution in [2.45, 2.75) is 0 Å². The minimum absolute atomic E-state index is 0.0910. The number of phenols is 1. The maximum atomic E-state index is 12.3. The molecule has 2 N–H and O–H groups in total. The molecule has 0 aromatic heterocycles. The number of amides is 1. The van der Waals surface area contributed by atoms with Crippen LogP contribution in [0.5, 0.6) is 11.5 Å². The number of carbonyl (C=O) groups is 2. The van der Waals surface area contributed by atoms with Gasteiger partial charge in [0, 0.05) is 15.1 Å². The van der Waals surface area contributed by atoms with E-state index in [4.69, 9.17) is 16.3 Å². The molecule has 0 radical (unpaired) electrons. The Bertz CT molecular complexity index is 1080. The zero-order chi connectivity index (χ0) is 20.8. The van der Waals surface area contributed by atoms with Gasteiger partial charge in [-0.2, -0.15) is 5.10 Å². The molecular formula is C21H14BrClN2O4. The molecule has 0 unspecified atom stereocenters. The molecule has 0 bridgehead atoms. The summed E-state index contributed by atoms with van der Waals surface area (Å²) in [6, 6.07) is 17.4. The number of esters is 1. The van der Waals surface area contributed by atoms with Crippen LogP contribution in [0.2, 0.25) is 5.02 Å². The second kappa shape index (κ2) is 9.36. The third kappa shape index (κ3) is 5.43. The van der Waals surface area contributed by atoms with Crippen molar-refractivity contribution in [3.05, 3.63) is 92.9 Å². The number of nitrogens with one attached hydrogen (secondary N) is 1. The van der Waals surface area contributed by atoms with Crippen molar-refractivity contribution < 1.29 is 19.4 Å². The number of nitrogens with zero attached hydrogens (tertiary/aromatic N) is 1. The molecule has 0 heterocycles. The van der Waals surface area contributed by atoms with Crippen LogP contribution in [0.3, 0.4) is 0 Å². The van der Waals surface area contributed by atoms with Crippen molar-refractivity contribution in [2.24, 2.45) is 5.10 Å². The van der Waals surface area contributed by atoms with Crippen LogP contribution in [0.1, 0.15) is 26.3 Å². The molecule has 6 nitrogen and oxygen atoms in total. The quantitative estimate of drug-likeness (QED) is 0.241. The maximum Gasteiger partial charge on any atom is 0.343 e. The molecule has 0 aliphatic heterocycles. The fraction of sp³-hybridized carbons (Fsp3) is 0. The average molecular weight is 474 g/mol. The molecule has 0 saturated heterocycles. The number of hydrazone groups is 1. The maximum absolute atomic E-state index is 12.3. The molecule has 3 rings (SSSR count). The molecule has 3 aromatic rings. The summed E-state index contributed by atoms with van der Waals surface area (Å²) in [6.07, 6.45) is 1.34. The number of benzene rings is 3. The third-order valence-corrected chi connectivity index (χ3v) is 4.52. The predicted octanol–water partition coefficient (Wildman–Crippen LogP) is 4.79. The Kier molecular flexibility index (Phi) is 6.64. The van der Waals surface area contributed by atoms with Gasteiger partial charge in [0.05, 0.1) is 17.3 Å². The zero-order valence-corrected chi connectivity index (χ0v) is 17.1. The number of aromatic hydroxyl groups is 1. The minimum Gasteiger partial charge on any atom is -0.507 e. The largest absolute Gasteiger partial charge is 0.507 e. The second-order valence-corrected chi connectivity index (χ2v) is 7.15. The summed E-state index contributed by atoms with van der Waals surface area (Å²) in [5.74, 6) is -1.03. The van der Waals surface area contributed by atoms with Crippen LogP contribution in [0.4, 0.5) is 0 Å². The summed E-state index contributed by atoms with van der Waals surface area (Å²) < 4.78 is 6.17. The Morgan fingerprint density at radius 3 is 2.52 bits per heavy atom. The first kappa shape index (κ1) is 20.6. The SMILES string of the molecule is O=C(Oc1ccc(Br)cc1/C=N/NC(=O)c1ccccc1O)c1ccc(Cl)cc1. The van der Waals surface area contributed by atoms with Crippen LogP contribution in [0.25, 0.3) is 0 Å². The Morgan fingerprint density at radius 2 is 1.79 bits per heavy atom. The molecule has 0 atom stereocenters. The van der Waals surface area contributed by atoms with Crippen molar-refractivity contribution in [1.29, 1.82) is 0 Å². The molecule has 0 spiro atoms. The number of para-hydroxylation sites is 1. The molecule has 3 aromatic carbocycles. The number of carbonyl (C=O) groups excluding carboxylic acids is 2.